The van der Waals surface area contributed by atoms with Gasteiger partial charge in [-0.25, -0.2) is 9.59 Å². The summed E-state index contributed by atoms with van der Waals surface area (Å²) in [6.07, 6.45) is -0.354. The van der Waals surface area contributed by atoms with Crippen molar-refractivity contribution in [1.29, 1.82) is 0 Å². The topological polar surface area (TPSA) is 184 Å². The second kappa shape index (κ2) is 18.8. The Hall–Kier alpha value is -1.52. The van der Waals surface area contributed by atoms with Crippen molar-refractivity contribution in [3.05, 3.63) is 21.8 Å². The summed E-state index contributed by atoms with van der Waals surface area (Å²) in [5.74, 6) is -4.64. The fourth-order valence-corrected chi connectivity index (χ4v) is 7.08. The molecule has 0 aliphatic carbocycles. The molecule has 13 nitrogen and oxygen atoms in total. The fourth-order valence-electron chi connectivity index (χ4n) is 2.70. The number of esters is 3. The number of benzene rings is 1. The van der Waals surface area contributed by atoms with Crippen LogP contribution in [0.4, 0.5) is 5.69 Å². The lowest BCUT2D eigenvalue weighted by molar-refractivity contribution is -0.155. The van der Waals surface area contributed by atoms with Crippen LogP contribution in [0, 0.1) is 10.7 Å². The van der Waals surface area contributed by atoms with Gasteiger partial charge >= 0.3 is 23.9 Å². The summed E-state index contributed by atoms with van der Waals surface area (Å²) in [5.41, 5.74) is -0.196. The van der Waals surface area contributed by atoms with Gasteiger partial charge in [0.1, 0.15) is 19.8 Å². The number of carbonyl (C=O) groups is 6. The molecule has 0 heterocycles. The molecule has 1 aromatic rings. The summed E-state index contributed by atoms with van der Waals surface area (Å²) in [7, 11) is 0. The zero-order chi connectivity index (χ0) is 29.0. The molecule has 1 aromatic carbocycles. The van der Waals surface area contributed by atoms with E-state index >= 15 is 0 Å². The van der Waals surface area contributed by atoms with Gasteiger partial charge in [-0.2, -0.15) is 0 Å². The molecule has 1 atom stereocenters. The monoisotopic (exact) mass is 910 g/mol. The van der Waals surface area contributed by atoms with E-state index in [0.29, 0.717) is 6.42 Å². The summed E-state index contributed by atoms with van der Waals surface area (Å²) in [6.45, 7) is 2.86. The number of hydrogen-bond donors (Lipinski definition) is 3. The molecule has 39 heavy (non-hydrogen) atoms. The van der Waals surface area contributed by atoms with E-state index in [1.807, 2.05) is 6.92 Å². The predicted molar refractivity (Wildman–Crippen MR) is 164 cm³/mol. The number of hydrogen-bond acceptors (Lipinski definition) is 10. The van der Waals surface area contributed by atoms with Crippen LogP contribution in [0.25, 0.3) is 0 Å². The first kappa shape index (κ1) is 37.5. The van der Waals surface area contributed by atoms with Gasteiger partial charge in [0, 0.05) is 17.4 Å². The summed E-state index contributed by atoms with van der Waals surface area (Å²) >= 11 is 5.27. The molecule has 0 saturated heterocycles. The van der Waals surface area contributed by atoms with Crippen LogP contribution in [0.3, 0.4) is 0 Å². The van der Waals surface area contributed by atoms with Gasteiger partial charge in [-0.15, -0.1) is 12.4 Å². The average molecular weight is 911 g/mol. The van der Waals surface area contributed by atoms with Crippen molar-refractivity contribution in [2.75, 3.05) is 38.3 Å². The number of halogens is 4. The number of aromatic carboxylic acids is 1. The lowest BCUT2D eigenvalue weighted by Gasteiger charge is -2.20. The molecule has 17 heteroatoms. The van der Waals surface area contributed by atoms with Crippen molar-refractivity contribution >= 4 is 122 Å². The first-order valence-electron chi connectivity index (χ1n) is 10.9. The standard InChI is InChI=1S/C22H25I3N2O11.ClH/c1-4-5-36-14(31)9-35-8-13(30)27-20-18(24)15(17(23)16(19(20)25)22(33)34)21(32)26-6-12(38-11(3)29)7-37-10(2)28;/h12H,4-9H2,1-3H3,(H,26,32)(H,27,30)(H,33,34);1H. The number of rotatable bonds is 14. The average Bonchev–Trinajstić information content (AvgIpc) is 2.81. The Bertz CT molecular complexity index is 1100. The van der Waals surface area contributed by atoms with Crippen LogP contribution in [0.2, 0.25) is 0 Å². The maximum Gasteiger partial charge on any atom is 0.337 e. The van der Waals surface area contributed by atoms with Gasteiger partial charge in [0.2, 0.25) is 5.91 Å². The van der Waals surface area contributed by atoms with Crippen LogP contribution in [-0.2, 0) is 38.1 Å². The van der Waals surface area contributed by atoms with Gasteiger partial charge in [0.25, 0.3) is 5.91 Å². The number of anilines is 1. The molecule has 218 valence electrons. The summed E-state index contributed by atoms with van der Waals surface area (Å²) in [6, 6.07) is 0. The molecule has 0 aliphatic rings. The van der Waals surface area contributed by atoms with Crippen molar-refractivity contribution in [2.45, 2.75) is 33.3 Å². The molecule has 0 bridgehead atoms. The number of ether oxygens (including phenoxy) is 4. The zero-order valence-corrected chi connectivity index (χ0v) is 28.2. The third kappa shape index (κ3) is 12.7. The molecule has 0 saturated carbocycles. The van der Waals surface area contributed by atoms with E-state index in [9.17, 15) is 33.9 Å². The van der Waals surface area contributed by atoms with E-state index in [1.165, 1.54) is 6.92 Å². The van der Waals surface area contributed by atoms with E-state index in [1.54, 1.807) is 67.8 Å². The Balaban J connectivity index is 0.0000144. The SMILES string of the molecule is CCCOC(=O)COCC(=O)Nc1c(I)c(C(=O)O)c(I)c(C(=O)NCC(COC(C)=O)OC(C)=O)c1I.Cl. The molecular weight excluding hydrogens is 884 g/mol. The van der Waals surface area contributed by atoms with E-state index in [-0.39, 0.29) is 59.7 Å². The van der Waals surface area contributed by atoms with Crippen molar-refractivity contribution in [2.24, 2.45) is 0 Å². The van der Waals surface area contributed by atoms with Crippen LogP contribution in [0.15, 0.2) is 0 Å². The van der Waals surface area contributed by atoms with Crippen molar-refractivity contribution in [3.63, 3.8) is 0 Å². The van der Waals surface area contributed by atoms with Gasteiger partial charge in [0.05, 0.1) is 37.1 Å². The third-order valence-electron chi connectivity index (χ3n) is 4.24. The van der Waals surface area contributed by atoms with E-state index in [2.05, 4.69) is 10.6 Å². The molecule has 2 amide bonds. The van der Waals surface area contributed by atoms with Crippen LogP contribution in [-0.4, -0.2) is 79.9 Å². The quantitative estimate of drug-likeness (QED) is 0.142. The second-order valence-corrected chi connectivity index (χ2v) is 10.6. The minimum Gasteiger partial charge on any atom is -0.478 e. The van der Waals surface area contributed by atoms with Gasteiger partial charge < -0.3 is 34.7 Å². The van der Waals surface area contributed by atoms with E-state index < -0.39 is 55.0 Å². The Labute approximate surface area is 271 Å². The maximum absolute atomic E-state index is 13.1. The number of amides is 2. The molecule has 0 radical (unpaired) electrons. The minimum absolute atomic E-state index is 0. The molecular formula is C22H26ClI3N2O11. The highest BCUT2D eigenvalue weighted by molar-refractivity contribution is 14.1. The molecule has 0 spiro atoms. The van der Waals surface area contributed by atoms with E-state index in [0.717, 1.165) is 6.92 Å². The lowest BCUT2D eigenvalue weighted by atomic mass is 10.1. The summed E-state index contributed by atoms with van der Waals surface area (Å²) in [5, 5.41) is 14.8. The maximum atomic E-state index is 13.1. The van der Waals surface area contributed by atoms with Crippen LogP contribution >= 0.6 is 80.2 Å². The normalized spacial score (nSPS) is 10.9. The van der Waals surface area contributed by atoms with Gasteiger partial charge in [-0.05, 0) is 74.2 Å². The predicted octanol–water partition coefficient (Wildman–Crippen LogP) is 2.75. The number of carboxylic acids is 1. The molecule has 0 aromatic heterocycles. The van der Waals surface area contributed by atoms with E-state index in [4.69, 9.17) is 18.9 Å². The second-order valence-electron chi connectivity index (χ2n) is 7.38. The first-order chi connectivity index (χ1) is 17.8. The Kier molecular flexibility index (Phi) is 18.0. The summed E-state index contributed by atoms with van der Waals surface area (Å²) in [4.78, 5) is 71.6. The first-order valence-corrected chi connectivity index (χ1v) is 14.1. The lowest BCUT2D eigenvalue weighted by Crippen LogP contribution is -2.38. The number of carboxylic acid groups (broad SMARTS) is 1. The number of carbonyl (C=O) groups excluding carboxylic acids is 5. The van der Waals surface area contributed by atoms with Gasteiger partial charge in [-0.3, -0.25) is 19.2 Å². The van der Waals surface area contributed by atoms with Crippen molar-refractivity contribution in [3.8, 4) is 0 Å². The van der Waals surface area contributed by atoms with Crippen LogP contribution in [0.5, 0.6) is 0 Å². The zero-order valence-electron chi connectivity index (χ0n) is 20.9. The Morgan fingerprint density at radius 2 is 1.51 bits per heavy atom. The van der Waals surface area contributed by atoms with Gasteiger partial charge in [0.15, 0.2) is 6.10 Å². The molecule has 0 aliphatic heterocycles. The number of nitrogens with one attached hydrogen (secondary N) is 2. The van der Waals surface area contributed by atoms with Crippen LogP contribution < -0.4 is 10.6 Å². The smallest absolute Gasteiger partial charge is 0.337 e. The summed E-state index contributed by atoms with van der Waals surface area (Å²) < 4.78 is 20.3. The highest BCUT2D eigenvalue weighted by atomic mass is 127. The van der Waals surface area contributed by atoms with Crippen molar-refractivity contribution in [1.82, 2.24) is 5.32 Å². The molecule has 1 unspecified atom stereocenters. The molecule has 0 fully saturated rings. The Morgan fingerprint density at radius 3 is 2.05 bits per heavy atom. The highest BCUT2D eigenvalue weighted by Gasteiger charge is 2.29. The van der Waals surface area contributed by atoms with Crippen LogP contribution in [0.1, 0.15) is 47.9 Å². The highest BCUT2D eigenvalue weighted by Crippen LogP contribution is 2.35. The van der Waals surface area contributed by atoms with Crippen molar-refractivity contribution < 1.29 is 52.8 Å². The fraction of sp³-hybridized carbons (Fsp3) is 0.455. The largest absolute Gasteiger partial charge is 0.478 e. The molecule has 3 N–H and O–H groups in total. The minimum atomic E-state index is -1.33. The third-order valence-corrected chi connectivity index (χ3v) is 7.47. The van der Waals surface area contributed by atoms with Gasteiger partial charge in [-0.1, -0.05) is 6.92 Å². The Morgan fingerprint density at radius 1 is 0.897 bits per heavy atom. The molecule has 1 rings (SSSR count).